The average Bonchev–Trinajstić information content (AvgIpc) is 2.67. The monoisotopic (exact) mass is 417 g/mol. The molecule has 0 spiro atoms. The molecule has 0 aliphatic carbocycles. The summed E-state index contributed by atoms with van der Waals surface area (Å²) in [6, 6.07) is 8.29. The first-order valence-corrected chi connectivity index (χ1v) is 11.0. The molecule has 158 valence electrons. The minimum atomic E-state index is -0.368. The number of nitrogens with one attached hydrogen (secondary N) is 2. The van der Waals surface area contributed by atoms with Crippen molar-refractivity contribution in [3.8, 4) is 0 Å². The van der Waals surface area contributed by atoms with Crippen molar-refractivity contribution in [2.45, 2.75) is 63.7 Å². The molecular weight excluding hydrogens is 384 g/mol. The number of quaternary nitrogens is 1. The van der Waals surface area contributed by atoms with Crippen LogP contribution >= 0.6 is 11.8 Å². The fourth-order valence-corrected chi connectivity index (χ4v) is 4.41. The van der Waals surface area contributed by atoms with E-state index in [9.17, 15) is 9.59 Å². The van der Waals surface area contributed by atoms with E-state index in [2.05, 4.69) is 39.6 Å². The van der Waals surface area contributed by atoms with Crippen molar-refractivity contribution < 1.29 is 9.69 Å². The predicted octanol–water partition coefficient (Wildman–Crippen LogP) is 1.88. The Morgan fingerprint density at radius 1 is 1.24 bits per heavy atom. The van der Waals surface area contributed by atoms with Crippen molar-refractivity contribution in [3.63, 3.8) is 0 Å². The van der Waals surface area contributed by atoms with Crippen LogP contribution in [0.4, 0.5) is 0 Å². The first-order chi connectivity index (χ1) is 13.8. The fourth-order valence-electron chi connectivity index (χ4n) is 3.45. The van der Waals surface area contributed by atoms with Gasteiger partial charge in [0, 0.05) is 6.54 Å². The Balaban J connectivity index is 2.39. The van der Waals surface area contributed by atoms with Crippen LogP contribution < -0.4 is 15.8 Å². The third kappa shape index (κ3) is 5.93. The number of amides is 1. The van der Waals surface area contributed by atoms with Gasteiger partial charge in [0.2, 0.25) is 5.91 Å². The third-order valence-electron chi connectivity index (χ3n) is 5.01. The molecule has 29 heavy (non-hydrogen) atoms. The van der Waals surface area contributed by atoms with Gasteiger partial charge in [-0.05, 0) is 46.8 Å². The zero-order valence-corrected chi connectivity index (χ0v) is 18.9. The lowest BCUT2D eigenvalue weighted by Gasteiger charge is -2.28. The van der Waals surface area contributed by atoms with Crippen molar-refractivity contribution in [3.05, 3.63) is 47.3 Å². The Morgan fingerprint density at radius 3 is 2.52 bits per heavy atom. The number of hydrogen-bond donors (Lipinski definition) is 2. The zero-order chi connectivity index (χ0) is 21.6. The lowest BCUT2D eigenvalue weighted by atomic mass is 10.2. The molecule has 0 saturated carbocycles. The number of nitrogens with zero attached hydrogens (tertiary/aromatic N) is 2. The molecule has 6 nitrogen and oxygen atoms in total. The summed E-state index contributed by atoms with van der Waals surface area (Å²) in [5.41, 5.74) is 0.607. The summed E-state index contributed by atoms with van der Waals surface area (Å²) < 4.78 is 1.73. The van der Waals surface area contributed by atoms with Gasteiger partial charge in [-0.3, -0.25) is 14.2 Å². The Hall–Kier alpha value is -2.12. The van der Waals surface area contributed by atoms with Crippen molar-refractivity contribution >= 4 is 28.6 Å². The third-order valence-corrected chi connectivity index (χ3v) is 6.10. The number of hydrogen-bond acceptors (Lipinski definition) is 4. The van der Waals surface area contributed by atoms with Gasteiger partial charge < -0.3 is 10.2 Å². The number of carbonyl (C=O) groups excluding carboxylic acids is 1. The maximum Gasteiger partial charge on any atom is 0.262 e. The molecule has 1 heterocycles. The van der Waals surface area contributed by atoms with Crippen LogP contribution in [-0.4, -0.2) is 45.9 Å². The fraction of sp³-hybridized carbons (Fsp3) is 0.500. The summed E-state index contributed by atoms with van der Waals surface area (Å²) in [6.45, 7) is 16.0. The number of fused-ring (bicyclic) bond motifs is 1. The quantitative estimate of drug-likeness (QED) is 0.352. The molecule has 0 radical (unpaired) electrons. The lowest BCUT2D eigenvalue weighted by Crippen LogP contribution is -3.18. The Morgan fingerprint density at radius 2 is 1.90 bits per heavy atom. The van der Waals surface area contributed by atoms with E-state index in [0.717, 1.165) is 6.54 Å². The zero-order valence-electron chi connectivity index (χ0n) is 18.1. The molecule has 0 aliphatic rings. The van der Waals surface area contributed by atoms with E-state index in [0.29, 0.717) is 41.2 Å². The first kappa shape index (κ1) is 23.2. The molecule has 0 unspecified atom stereocenters. The van der Waals surface area contributed by atoms with Gasteiger partial charge in [0.15, 0.2) is 5.16 Å². The summed E-state index contributed by atoms with van der Waals surface area (Å²) in [4.78, 5) is 31.7. The minimum Gasteiger partial charge on any atom is -0.352 e. The topological polar surface area (TPSA) is 68.4 Å². The molecule has 1 aromatic carbocycles. The minimum absolute atomic E-state index is 0.0522. The molecule has 2 N–H and O–H groups in total. The van der Waals surface area contributed by atoms with E-state index in [-0.39, 0.29) is 16.7 Å². The second-order valence-corrected chi connectivity index (χ2v) is 9.10. The molecule has 1 amide bonds. The standard InChI is InChI=1S/C22H32N4O2S/c1-7-12-23-20(27)17(6)29-22-24-19-11-9-8-10-18(19)21(28)26(22)14-13-25(15(2)3)16(4)5/h7-11,15-17H,1,12-14H2,2-6H3,(H,23,27)/p+1/t17-/m1/s1. The predicted molar refractivity (Wildman–Crippen MR) is 121 cm³/mol. The smallest absolute Gasteiger partial charge is 0.262 e. The first-order valence-electron chi connectivity index (χ1n) is 10.2. The second kappa shape index (κ2) is 10.6. The summed E-state index contributed by atoms with van der Waals surface area (Å²) in [5.74, 6) is -0.0968. The van der Waals surface area contributed by atoms with Crippen LogP contribution in [-0.2, 0) is 11.3 Å². The normalized spacial score (nSPS) is 12.7. The van der Waals surface area contributed by atoms with E-state index in [1.54, 1.807) is 10.6 Å². The highest BCUT2D eigenvalue weighted by Crippen LogP contribution is 2.22. The van der Waals surface area contributed by atoms with E-state index < -0.39 is 0 Å². The molecule has 2 rings (SSSR count). The molecule has 7 heteroatoms. The van der Waals surface area contributed by atoms with Gasteiger partial charge in [-0.25, -0.2) is 4.98 Å². The van der Waals surface area contributed by atoms with Crippen molar-refractivity contribution in [1.82, 2.24) is 14.9 Å². The van der Waals surface area contributed by atoms with E-state index in [4.69, 9.17) is 4.98 Å². The van der Waals surface area contributed by atoms with Crippen LogP contribution in [0, 0.1) is 0 Å². The molecule has 2 aromatic rings. The SMILES string of the molecule is C=CCNC(=O)[C@@H](C)Sc1nc2ccccc2c(=O)n1CC[NH+](C(C)C)C(C)C. The van der Waals surface area contributed by atoms with E-state index in [1.165, 1.54) is 16.7 Å². The molecule has 0 bridgehead atoms. The van der Waals surface area contributed by atoms with Crippen LogP contribution in [0.1, 0.15) is 34.6 Å². The maximum absolute atomic E-state index is 13.2. The number of benzene rings is 1. The van der Waals surface area contributed by atoms with Crippen LogP contribution in [0.3, 0.4) is 0 Å². The Kier molecular flexibility index (Phi) is 8.46. The number of aromatic nitrogens is 2. The van der Waals surface area contributed by atoms with Gasteiger partial charge in [-0.15, -0.1) is 6.58 Å². The molecule has 0 saturated heterocycles. The van der Waals surface area contributed by atoms with Gasteiger partial charge >= 0.3 is 0 Å². The molecular formula is C22H33N4O2S+. The van der Waals surface area contributed by atoms with Crippen molar-refractivity contribution in [2.75, 3.05) is 13.1 Å². The number of thioether (sulfide) groups is 1. The van der Waals surface area contributed by atoms with Gasteiger partial charge in [0.1, 0.15) is 0 Å². The highest BCUT2D eigenvalue weighted by Gasteiger charge is 2.22. The Labute approximate surface area is 177 Å². The summed E-state index contributed by atoms with van der Waals surface area (Å²) in [6.07, 6.45) is 1.65. The van der Waals surface area contributed by atoms with Crippen molar-refractivity contribution in [1.29, 1.82) is 0 Å². The summed E-state index contributed by atoms with van der Waals surface area (Å²) >= 11 is 1.32. The van der Waals surface area contributed by atoms with Crippen LogP contribution in [0.5, 0.6) is 0 Å². The number of para-hydroxylation sites is 1. The van der Waals surface area contributed by atoms with Gasteiger partial charge in [-0.1, -0.05) is 30.0 Å². The second-order valence-electron chi connectivity index (χ2n) is 7.80. The summed E-state index contributed by atoms with van der Waals surface area (Å²) in [7, 11) is 0. The molecule has 0 aliphatic heterocycles. The summed E-state index contributed by atoms with van der Waals surface area (Å²) in [5, 5.41) is 3.63. The van der Waals surface area contributed by atoms with Gasteiger partial charge in [-0.2, -0.15) is 0 Å². The molecule has 0 fully saturated rings. The maximum atomic E-state index is 13.2. The largest absolute Gasteiger partial charge is 0.352 e. The molecule has 1 atom stereocenters. The Bertz CT molecular complexity index is 899. The van der Waals surface area contributed by atoms with Crippen molar-refractivity contribution in [2.24, 2.45) is 0 Å². The van der Waals surface area contributed by atoms with Crippen LogP contribution in [0.2, 0.25) is 0 Å². The van der Waals surface area contributed by atoms with Gasteiger partial charge in [0.05, 0.1) is 41.3 Å². The lowest BCUT2D eigenvalue weighted by molar-refractivity contribution is -0.942. The highest BCUT2D eigenvalue weighted by molar-refractivity contribution is 8.00. The van der Waals surface area contributed by atoms with E-state index >= 15 is 0 Å². The number of carbonyl (C=O) groups is 1. The number of rotatable bonds is 10. The van der Waals surface area contributed by atoms with Gasteiger partial charge in [0.25, 0.3) is 5.56 Å². The highest BCUT2D eigenvalue weighted by atomic mass is 32.2. The average molecular weight is 418 g/mol. The molecule has 1 aromatic heterocycles. The van der Waals surface area contributed by atoms with Crippen LogP contribution in [0.25, 0.3) is 10.9 Å². The van der Waals surface area contributed by atoms with Crippen LogP contribution in [0.15, 0.2) is 46.9 Å². The van der Waals surface area contributed by atoms with E-state index in [1.807, 2.05) is 31.2 Å².